The number of pyridine rings is 1. The summed E-state index contributed by atoms with van der Waals surface area (Å²) in [5.74, 6) is 0. The smallest absolute Gasteiger partial charge is 0.0577 e. The third-order valence-electron chi connectivity index (χ3n) is 3.38. The Kier molecular flexibility index (Phi) is 4.69. The average molecular weight is 254 g/mol. The maximum atomic E-state index is 4.28. The molecule has 0 amide bonds. The Morgan fingerprint density at radius 3 is 2.37 bits per heavy atom. The molecule has 1 unspecified atom stereocenters. The molecule has 0 saturated heterocycles. The van der Waals surface area contributed by atoms with Gasteiger partial charge in [-0.15, -0.1) is 0 Å². The first-order chi connectivity index (χ1) is 9.24. The Balaban J connectivity index is 2.33. The second kappa shape index (κ2) is 6.48. The van der Waals surface area contributed by atoms with E-state index in [4.69, 9.17) is 0 Å². The summed E-state index contributed by atoms with van der Waals surface area (Å²) in [6, 6.07) is 13.4. The largest absolute Gasteiger partial charge is 0.307 e. The average Bonchev–Trinajstić information content (AvgIpc) is 2.45. The van der Waals surface area contributed by atoms with Gasteiger partial charge in [0.25, 0.3) is 0 Å². The molecule has 0 bridgehead atoms. The van der Waals surface area contributed by atoms with Crippen LogP contribution in [0.15, 0.2) is 42.6 Å². The number of hydrogen-bond acceptors (Lipinski definition) is 2. The molecule has 0 fully saturated rings. The molecule has 1 heterocycles. The lowest BCUT2D eigenvalue weighted by Crippen LogP contribution is -2.22. The van der Waals surface area contributed by atoms with Crippen LogP contribution in [0, 0.1) is 6.92 Å². The second-order valence-corrected chi connectivity index (χ2v) is 4.82. The van der Waals surface area contributed by atoms with Gasteiger partial charge in [0.15, 0.2) is 0 Å². The van der Waals surface area contributed by atoms with E-state index >= 15 is 0 Å². The lowest BCUT2D eigenvalue weighted by molar-refractivity contribution is 0.629. The molecule has 19 heavy (non-hydrogen) atoms. The van der Waals surface area contributed by atoms with Crippen LogP contribution in [-0.4, -0.2) is 11.5 Å². The van der Waals surface area contributed by atoms with Gasteiger partial charge in [0.1, 0.15) is 0 Å². The first-order valence-electron chi connectivity index (χ1n) is 6.99. The molecule has 2 aromatic rings. The quantitative estimate of drug-likeness (QED) is 0.881. The van der Waals surface area contributed by atoms with Gasteiger partial charge < -0.3 is 5.32 Å². The molecule has 0 spiro atoms. The summed E-state index contributed by atoms with van der Waals surface area (Å²) in [6.45, 7) is 7.30. The fourth-order valence-electron chi connectivity index (χ4n) is 2.33. The number of aryl methyl sites for hydroxylation is 2. The fourth-order valence-corrected chi connectivity index (χ4v) is 2.33. The predicted octanol–water partition coefficient (Wildman–Crippen LogP) is 3.65. The predicted molar refractivity (Wildman–Crippen MR) is 80.3 cm³/mol. The first-order valence-corrected chi connectivity index (χ1v) is 6.99. The van der Waals surface area contributed by atoms with Crippen LogP contribution in [0.2, 0.25) is 0 Å². The Hall–Kier alpha value is -1.67. The van der Waals surface area contributed by atoms with Crippen LogP contribution < -0.4 is 5.32 Å². The van der Waals surface area contributed by atoms with E-state index in [2.05, 4.69) is 60.5 Å². The van der Waals surface area contributed by atoms with Gasteiger partial charge in [0.2, 0.25) is 0 Å². The molecular weight excluding hydrogens is 232 g/mol. The first kappa shape index (κ1) is 13.8. The summed E-state index contributed by atoms with van der Waals surface area (Å²) in [6.07, 6.45) is 2.97. The van der Waals surface area contributed by atoms with Crippen LogP contribution >= 0.6 is 0 Å². The molecule has 0 aliphatic heterocycles. The van der Waals surface area contributed by atoms with E-state index in [9.17, 15) is 0 Å². The van der Waals surface area contributed by atoms with Crippen molar-refractivity contribution in [3.63, 3.8) is 0 Å². The van der Waals surface area contributed by atoms with Crippen molar-refractivity contribution in [2.24, 2.45) is 0 Å². The summed E-state index contributed by atoms with van der Waals surface area (Å²) >= 11 is 0. The maximum Gasteiger partial charge on any atom is 0.0577 e. The third kappa shape index (κ3) is 3.42. The fraction of sp³-hybridized carbons (Fsp3) is 0.353. The lowest BCUT2D eigenvalue weighted by Gasteiger charge is -2.19. The van der Waals surface area contributed by atoms with Gasteiger partial charge in [-0.1, -0.05) is 38.1 Å². The molecule has 0 aliphatic carbocycles. The van der Waals surface area contributed by atoms with Gasteiger partial charge >= 0.3 is 0 Å². The van der Waals surface area contributed by atoms with Crippen LogP contribution in [0.3, 0.4) is 0 Å². The Labute approximate surface area is 115 Å². The SMILES string of the molecule is CCNC(c1ccc(CC)cc1)c1ccnc(C)c1. The number of nitrogens with one attached hydrogen (secondary N) is 1. The summed E-state index contributed by atoms with van der Waals surface area (Å²) < 4.78 is 0. The molecule has 0 aliphatic rings. The van der Waals surface area contributed by atoms with Crippen LogP contribution in [0.25, 0.3) is 0 Å². The molecular formula is C17H22N2. The second-order valence-electron chi connectivity index (χ2n) is 4.82. The van der Waals surface area contributed by atoms with Gasteiger partial charge in [-0.25, -0.2) is 0 Å². The summed E-state index contributed by atoms with van der Waals surface area (Å²) in [4.78, 5) is 4.28. The molecule has 1 atom stereocenters. The van der Waals surface area contributed by atoms with E-state index in [1.807, 2.05) is 13.1 Å². The highest BCUT2D eigenvalue weighted by Gasteiger charge is 2.12. The maximum absolute atomic E-state index is 4.28. The van der Waals surface area contributed by atoms with Gasteiger partial charge in [-0.3, -0.25) is 4.98 Å². The standard InChI is InChI=1S/C17H22N2/c1-4-14-6-8-15(9-7-14)17(18-5-2)16-10-11-19-13(3)12-16/h6-12,17-18H,4-5H2,1-3H3. The minimum atomic E-state index is 0.248. The van der Waals surface area contributed by atoms with E-state index < -0.39 is 0 Å². The highest BCUT2D eigenvalue weighted by atomic mass is 14.9. The van der Waals surface area contributed by atoms with Crippen LogP contribution in [-0.2, 0) is 6.42 Å². The summed E-state index contributed by atoms with van der Waals surface area (Å²) in [5.41, 5.74) is 5.03. The van der Waals surface area contributed by atoms with Crippen molar-refractivity contribution in [3.05, 3.63) is 65.0 Å². The highest BCUT2D eigenvalue weighted by molar-refractivity contribution is 5.33. The number of rotatable bonds is 5. The van der Waals surface area contributed by atoms with Crippen molar-refractivity contribution in [2.75, 3.05) is 6.54 Å². The molecule has 1 aromatic carbocycles. The molecule has 2 rings (SSSR count). The van der Waals surface area contributed by atoms with Crippen LogP contribution in [0.5, 0.6) is 0 Å². The van der Waals surface area contributed by atoms with E-state index in [-0.39, 0.29) is 6.04 Å². The molecule has 0 saturated carbocycles. The normalized spacial score (nSPS) is 12.4. The van der Waals surface area contributed by atoms with E-state index in [1.54, 1.807) is 0 Å². The monoisotopic (exact) mass is 254 g/mol. The van der Waals surface area contributed by atoms with Gasteiger partial charge in [0, 0.05) is 11.9 Å². The molecule has 1 N–H and O–H groups in total. The zero-order chi connectivity index (χ0) is 13.7. The Morgan fingerprint density at radius 2 is 1.79 bits per heavy atom. The molecule has 2 heteroatoms. The van der Waals surface area contributed by atoms with Crippen molar-refractivity contribution < 1.29 is 0 Å². The minimum Gasteiger partial charge on any atom is -0.307 e. The van der Waals surface area contributed by atoms with E-state index in [0.717, 1.165) is 18.7 Å². The van der Waals surface area contributed by atoms with Gasteiger partial charge in [-0.05, 0) is 48.7 Å². The van der Waals surface area contributed by atoms with Gasteiger partial charge in [0.05, 0.1) is 6.04 Å². The number of aromatic nitrogens is 1. The van der Waals surface area contributed by atoms with Crippen molar-refractivity contribution >= 4 is 0 Å². The number of nitrogens with zero attached hydrogens (tertiary/aromatic N) is 1. The van der Waals surface area contributed by atoms with Crippen molar-refractivity contribution in [1.82, 2.24) is 10.3 Å². The van der Waals surface area contributed by atoms with Crippen molar-refractivity contribution in [2.45, 2.75) is 33.2 Å². The lowest BCUT2D eigenvalue weighted by atomic mass is 9.97. The summed E-state index contributed by atoms with van der Waals surface area (Å²) in [5, 5.41) is 3.55. The summed E-state index contributed by atoms with van der Waals surface area (Å²) in [7, 11) is 0. The highest BCUT2D eigenvalue weighted by Crippen LogP contribution is 2.22. The topological polar surface area (TPSA) is 24.9 Å². The molecule has 2 nitrogen and oxygen atoms in total. The van der Waals surface area contributed by atoms with E-state index in [0.29, 0.717) is 0 Å². The van der Waals surface area contributed by atoms with Crippen LogP contribution in [0.4, 0.5) is 0 Å². The zero-order valence-electron chi connectivity index (χ0n) is 12.0. The van der Waals surface area contributed by atoms with E-state index in [1.165, 1.54) is 16.7 Å². The third-order valence-corrected chi connectivity index (χ3v) is 3.38. The minimum absolute atomic E-state index is 0.248. The molecule has 0 radical (unpaired) electrons. The Bertz CT molecular complexity index is 517. The van der Waals surface area contributed by atoms with Gasteiger partial charge in [-0.2, -0.15) is 0 Å². The zero-order valence-corrected chi connectivity index (χ0v) is 12.0. The van der Waals surface area contributed by atoms with Crippen molar-refractivity contribution in [3.8, 4) is 0 Å². The molecule has 1 aromatic heterocycles. The Morgan fingerprint density at radius 1 is 1.05 bits per heavy atom. The number of benzene rings is 1. The molecule has 100 valence electrons. The van der Waals surface area contributed by atoms with Crippen LogP contribution in [0.1, 0.15) is 42.3 Å². The number of hydrogen-bond donors (Lipinski definition) is 1. The van der Waals surface area contributed by atoms with Crippen molar-refractivity contribution in [1.29, 1.82) is 0 Å².